The number of nitrogens with zero attached hydrogens (tertiary/aromatic N) is 1. The Morgan fingerprint density at radius 2 is 1.93 bits per heavy atom. The van der Waals surface area contributed by atoms with Gasteiger partial charge in [-0.15, -0.1) is 11.3 Å². The van der Waals surface area contributed by atoms with Crippen LogP contribution in [0.5, 0.6) is 5.75 Å². The van der Waals surface area contributed by atoms with E-state index in [9.17, 15) is 19.5 Å². The molecule has 27 heavy (non-hydrogen) atoms. The van der Waals surface area contributed by atoms with Crippen LogP contribution < -0.4 is 16.0 Å². The van der Waals surface area contributed by atoms with Gasteiger partial charge >= 0.3 is 11.7 Å². The highest BCUT2D eigenvalue weighted by Gasteiger charge is 2.34. The second-order valence-corrected chi connectivity index (χ2v) is 8.10. The zero-order chi connectivity index (χ0) is 20.1. The number of aryl methyl sites for hydroxylation is 2. The number of hydrogen-bond donors (Lipinski definition) is 2. The van der Waals surface area contributed by atoms with Gasteiger partial charge in [0.1, 0.15) is 16.1 Å². The first kappa shape index (κ1) is 18.9. The van der Waals surface area contributed by atoms with Gasteiger partial charge in [0.05, 0.1) is 12.5 Å². The second kappa shape index (κ2) is 6.38. The van der Waals surface area contributed by atoms with Crippen LogP contribution in [0.4, 0.5) is 0 Å². The van der Waals surface area contributed by atoms with Gasteiger partial charge in [-0.1, -0.05) is 11.6 Å². The Bertz CT molecular complexity index is 1180. The molecule has 0 aliphatic carbocycles. The lowest BCUT2D eigenvalue weighted by Crippen LogP contribution is -2.50. The summed E-state index contributed by atoms with van der Waals surface area (Å²) in [5.74, 6) is -0.672. The van der Waals surface area contributed by atoms with E-state index in [1.165, 1.54) is 25.2 Å². The van der Waals surface area contributed by atoms with Crippen LogP contribution in [0.15, 0.2) is 27.8 Å². The smallest absolute Gasteiger partial charge is 0.330 e. The van der Waals surface area contributed by atoms with Crippen molar-refractivity contribution in [3.8, 4) is 16.9 Å². The Morgan fingerprint density at radius 3 is 2.52 bits per heavy atom. The predicted octanol–water partition coefficient (Wildman–Crippen LogP) is 2.86. The number of hydrogen-bond acceptors (Lipinski definition) is 5. The normalized spacial score (nSPS) is 11.7. The average molecular weight is 388 g/mol. The number of rotatable bonds is 4. The molecule has 0 fully saturated rings. The number of benzene rings is 1. The van der Waals surface area contributed by atoms with Gasteiger partial charge in [-0.05, 0) is 39.8 Å². The molecule has 0 unspecified atom stereocenters. The minimum atomic E-state index is -1.69. The van der Waals surface area contributed by atoms with Crippen molar-refractivity contribution >= 4 is 27.5 Å². The SMILES string of the molecule is COc1ccc(C)cc1-c1c(C)sc2[nH]c(=O)n(C(C)(C)C(=O)O)c(=O)c12. The molecule has 142 valence electrons. The molecule has 0 saturated heterocycles. The van der Waals surface area contributed by atoms with Crippen molar-refractivity contribution < 1.29 is 14.6 Å². The molecule has 2 N–H and O–H groups in total. The zero-order valence-corrected chi connectivity index (χ0v) is 16.5. The van der Waals surface area contributed by atoms with Crippen molar-refractivity contribution in [3.05, 3.63) is 49.5 Å². The molecule has 2 aromatic heterocycles. The highest BCUT2D eigenvalue weighted by molar-refractivity contribution is 7.19. The molecule has 0 aliphatic heterocycles. The Kier molecular flexibility index (Phi) is 4.47. The third kappa shape index (κ3) is 2.86. The third-order valence-corrected chi connectivity index (χ3v) is 5.65. The topological polar surface area (TPSA) is 101 Å². The number of fused-ring (bicyclic) bond motifs is 1. The van der Waals surface area contributed by atoms with Gasteiger partial charge in [0, 0.05) is 16.0 Å². The van der Waals surface area contributed by atoms with Crippen LogP contribution in [0, 0.1) is 13.8 Å². The monoisotopic (exact) mass is 388 g/mol. The maximum absolute atomic E-state index is 13.2. The summed E-state index contributed by atoms with van der Waals surface area (Å²) in [6, 6.07) is 5.63. The summed E-state index contributed by atoms with van der Waals surface area (Å²) in [6.07, 6.45) is 0. The number of aromatic nitrogens is 2. The molecule has 7 nitrogen and oxygen atoms in total. The van der Waals surface area contributed by atoms with Gasteiger partial charge in [-0.25, -0.2) is 14.2 Å². The lowest BCUT2D eigenvalue weighted by Gasteiger charge is -2.21. The fraction of sp³-hybridized carbons (Fsp3) is 0.316. The van der Waals surface area contributed by atoms with E-state index in [0.29, 0.717) is 16.1 Å². The Hall–Kier alpha value is -2.87. The fourth-order valence-corrected chi connectivity index (χ4v) is 4.19. The molecule has 8 heteroatoms. The van der Waals surface area contributed by atoms with E-state index in [-0.39, 0.29) is 5.39 Å². The summed E-state index contributed by atoms with van der Waals surface area (Å²) < 4.78 is 6.22. The largest absolute Gasteiger partial charge is 0.496 e. The average Bonchev–Trinajstić information content (AvgIpc) is 2.90. The number of aromatic amines is 1. The zero-order valence-electron chi connectivity index (χ0n) is 15.7. The lowest BCUT2D eigenvalue weighted by atomic mass is 10.00. The number of aliphatic carboxylic acids is 1. The fourth-order valence-electron chi connectivity index (χ4n) is 3.14. The molecule has 0 amide bonds. The summed E-state index contributed by atoms with van der Waals surface area (Å²) in [5, 5.41) is 9.78. The van der Waals surface area contributed by atoms with Crippen LogP contribution >= 0.6 is 11.3 Å². The van der Waals surface area contributed by atoms with E-state index in [1.54, 1.807) is 7.11 Å². The van der Waals surface area contributed by atoms with Gasteiger partial charge < -0.3 is 9.84 Å². The summed E-state index contributed by atoms with van der Waals surface area (Å²) in [5.41, 5.74) is -0.715. The second-order valence-electron chi connectivity index (χ2n) is 6.88. The number of thiophene rings is 1. The van der Waals surface area contributed by atoms with Crippen LogP contribution in [0.2, 0.25) is 0 Å². The maximum Gasteiger partial charge on any atom is 0.330 e. The molecule has 1 aromatic carbocycles. The lowest BCUT2D eigenvalue weighted by molar-refractivity contribution is -0.146. The van der Waals surface area contributed by atoms with Gasteiger partial charge in [-0.2, -0.15) is 0 Å². The Morgan fingerprint density at radius 1 is 1.26 bits per heavy atom. The molecule has 0 atom stereocenters. The standard InChI is InChI=1S/C19H20N2O5S/c1-9-6-7-12(26-5)11(8-9)13-10(2)27-15-14(13)16(22)21(18(25)20-15)19(3,4)17(23)24/h6-8H,1-5H3,(H,20,25)(H,23,24). The number of H-pyrrole nitrogens is 1. The van der Waals surface area contributed by atoms with Crippen molar-refractivity contribution in [2.24, 2.45) is 0 Å². The van der Waals surface area contributed by atoms with Crippen molar-refractivity contribution in [3.63, 3.8) is 0 Å². The molecule has 0 radical (unpaired) electrons. The van der Waals surface area contributed by atoms with Gasteiger partial charge in [0.2, 0.25) is 0 Å². The van der Waals surface area contributed by atoms with Crippen LogP contribution in [0.1, 0.15) is 24.3 Å². The first-order valence-corrected chi connectivity index (χ1v) is 9.08. The molecule has 0 spiro atoms. The van der Waals surface area contributed by atoms with Crippen molar-refractivity contribution in [2.75, 3.05) is 7.11 Å². The number of methoxy groups -OCH3 is 1. The molecule has 0 aliphatic rings. The Labute approximate surface area is 158 Å². The third-order valence-electron chi connectivity index (χ3n) is 4.63. The van der Waals surface area contributed by atoms with E-state index in [0.717, 1.165) is 20.6 Å². The van der Waals surface area contributed by atoms with E-state index in [2.05, 4.69) is 4.98 Å². The maximum atomic E-state index is 13.2. The van der Waals surface area contributed by atoms with Crippen LogP contribution in [-0.4, -0.2) is 27.7 Å². The van der Waals surface area contributed by atoms with Crippen LogP contribution in [0.25, 0.3) is 21.3 Å². The van der Waals surface area contributed by atoms with Crippen LogP contribution in [-0.2, 0) is 10.3 Å². The first-order valence-electron chi connectivity index (χ1n) is 8.27. The quantitative estimate of drug-likeness (QED) is 0.716. The number of carboxylic acids is 1. The highest BCUT2D eigenvalue weighted by atomic mass is 32.1. The van der Waals surface area contributed by atoms with Crippen molar-refractivity contribution in [1.82, 2.24) is 9.55 Å². The molecule has 2 heterocycles. The number of nitrogens with one attached hydrogen (secondary N) is 1. The van der Waals surface area contributed by atoms with E-state index in [4.69, 9.17) is 4.74 Å². The van der Waals surface area contributed by atoms with Gasteiger partial charge in [0.15, 0.2) is 0 Å². The number of carbonyl (C=O) groups is 1. The van der Waals surface area contributed by atoms with Crippen LogP contribution in [0.3, 0.4) is 0 Å². The minimum Gasteiger partial charge on any atom is -0.496 e. The van der Waals surface area contributed by atoms with Crippen molar-refractivity contribution in [1.29, 1.82) is 0 Å². The molecule has 0 bridgehead atoms. The summed E-state index contributed by atoms with van der Waals surface area (Å²) in [6.45, 7) is 6.43. The molecular weight excluding hydrogens is 368 g/mol. The van der Waals surface area contributed by atoms with E-state index >= 15 is 0 Å². The van der Waals surface area contributed by atoms with Crippen molar-refractivity contribution in [2.45, 2.75) is 33.2 Å². The first-order chi connectivity index (χ1) is 12.6. The van der Waals surface area contributed by atoms with Gasteiger partial charge in [0.25, 0.3) is 5.56 Å². The summed E-state index contributed by atoms with van der Waals surface area (Å²) >= 11 is 1.28. The van der Waals surface area contributed by atoms with E-state index < -0.39 is 22.8 Å². The molecular formula is C19H20N2O5S. The minimum absolute atomic E-state index is 0.287. The summed E-state index contributed by atoms with van der Waals surface area (Å²) in [4.78, 5) is 41.2. The molecule has 3 rings (SSSR count). The van der Waals surface area contributed by atoms with E-state index in [1.807, 2.05) is 32.0 Å². The number of ether oxygens (including phenoxy) is 1. The highest BCUT2D eigenvalue weighted by Crippen LogP contribution is 2.40. The summed E-state index contributed by atoms with van der Waals surface area (Å²) in [7, 11) is 1.55. The van der Waals surface area contributed by atoms with Gasteiger partial charge in [-0.3, -0.25) is 9.78 Å². The molecule has 0 saturated carbocycles. The number of carboxylic acid groups (broad SMARTS) is 1. The Balaban J connectivity index is 2.50. The predicted molar refractivity (Wildman–Crippen MR) is 105 cm³/mol. The molecule has 3 aromatic rings.